The summed E-state index contributed by atoms with van der Waals surface area (Å²) < 4.78 is 26.1. The van der Waals surface area contributed by atoms with Crippen LogP contribution < -0.4 is 20.3 Å². The molecule has 2 heterocycles. The highest BCUT2D eigenvalue weighted by molar-refractivity contribution is 7.16. The number of ether oxygens (including phenoxy) is 2. The lowest BCUT2D eigenvalue weighted by molar-refractivity contribution is -0.118. The number of nitrogens with zero attached hydrogens (tertiary/aromatic N) is 2. The van der Waals surface area contributed by atoms with Gasteiger partial charge >= 0.3 is 0 Å². The molecule has 0 bridgehead atoms. The summed E-state index contributed by atoms with van der Waals surface area (Å²) in [7, 11) is 0. The number of carbonyl (C=O) groups is 1. The number of hydrogen-bond donors (Lipinski definition) is 1. The third kappa shape index (κ3) is 4.89. The highest BCUT2D eigenvalue weighted by Crippen LogP contribution is 2.25. The molecule has 0 atom stereocenters. The predicted octanol–water partition coefficient (Wildman–Crippen LogP) is 3.80. The highest BCUT2D eigenvalue weighted by Gasteiger charge is 2.11. The second-order valence-corrected chi connectivity index (χ2v) is 7.85. The minimum atomic E-state index is -0.541. The fraction of sp³-hybridized carbons (Fsp3) is 0.136. The zero-order valence-corrected chi connectivity index (χ0v) is 17.3. The van der Waals surface area contributed by atoms with Crippen molar-refractivity contribution in [3.63, 3.8) is 0 Å². The van der Waals surface area contributed by atoms with Crippen molar-refractivity contribution >= 4 is 27.9 Å². The van der Waals surface area contributed by atoms with E-state index in [9.17, 15) is 14.0 Å². The first kappa shape index (κ1) is 20.5. The van der Waals surface area contributed by atoms with Crippen molar-refractivity contribution in [3.8, 4) is 11.5 Å². The van der Waals surface area contributed by atoms with E-state index in [-0.39, 0.29) is 24.5 Å². The fourth-order valence-corrected chi connectivity index (χ4v) is 3.72. The van der Waals surface area contributed by atoms with E-state index in [0.717, 1.165) is 4.88 Å². The van der Waals surface area contributed by atoms with Crippen LogP contribution in [0, 0.1) is 12.7 Å². The smallest absolute Gasteiger partial charge is 0.262 e. The van der Waals surface area contributed by atoms with Gasteiger partial charge in [0.1, 0.15) is 12.4 Å². The van der Waals surface area contributed by atoms with Crippen LogP contribution in [-0.2, 0) is 11.4 Å². The average Bonchev–Trinajstić information content (AvgIpc) is 3.13. The molecule has 2 aromatic carbocycles. The number of thiazole rings is 1. The lowest BCUT2D eigenvalue weighted by Gasteiger charge is -2.13. The van der Waals surface area contributed by atoms with Crippen LogP contribution in [0.3, 0.4) is 0 Å². The van der Waals surface area contributed by atoms with Crippen molar-refractivity contribution in [2.45, 2.75) is 13.5 Å². The summed E-state index contributed by atoms with van der Waals surface area (Å²) in [6.45, 7) is 1.60. The van der Waals surface area contributed by atoms with Gasteiger partial charge in [-0.1, -0.05) is 24.3 Å². The van der Waals surface area contributed by atoms with Crippen molar-refractivity contribution in [2.24, 2.45) is 0 Å². The molecule has 1 N–H and O–H groups in total. The van der Waals surface area contributed by atoms with Crippen molar-refractivity contribution in [1.82, 2.24) is 9.38 Å². The lowest BCUT2D eigenvalue weighted by Crippen LogP contribution is -2.21. The summed E-state index contributed by atoms with van der Waals surface area (Å²) in [5.74, 6) is -0.601. The van der Waals surface area contributed by atoms with Crippen LogP contribution in [-0.4, -0.2) is 21.9 Å². The summed E-state index contributed by atoms with van der Waals surface area (Å²) in [5.41, 5.74) is 0.727. The summed E-state index contributed by atoms with van der Waals surface area (Å²) in [6, 6.07) is 14.1. The van der Waals surface area contributed by atoms with Crippen LogP contribution in [0.25, 0.3) is 4.96 Å². The molecule has 0 spiro atoms. The number of fused-ring (bicyclic) bond motifs is 1. The number of aromatic nitrogens is 2. The van der Waals surface area contributed by atoms with Crippen LogP contribution in [0.2, 0.25) is 0 Å². The van der Waals surface area contributed by atoms with E-state index in [1.165, 1.54) is 40.0 Å². The molecule has 0 saturated carbocycles. The van der Waals surface area contributed by atoms with Gasteiger partial charge in [0.05, 0.1) is 11.4 Å². The Kier molecular flexibility index (Phi) is 5.94. The third-order valence-electron chi connectivity index (χ3n) is 4.27. The maximum Gasteiger partial charge on any atom is 0.262 e. The molecule has 158 valence electrons. The molecule has 7 nitrogen and oxygen atoms in total. The summed E-state index contributed by atoms with van der Waals surface area (Å²) in [6.07, 6.45) is 1.74. The number of halogens is 1. The Labute approximate surface area is 180 Å². The summed E-state index contributed by atoms with van der Waals surface area (Å²) in [4.78, 5) is 30.5. The number of hydrogen-bond acceptors (Lipinski definition) is 6. The SMILES string of the molecule is Cc1cn2c(=O)cc(COc3ccccc3NC(=O)COc3ccccc3F)nc2s1. The molecule has 0 fully saturated rings. The maximum absolute atomic E-state index is 13.6. The van der Waals surface area contributed by atoms with Gasteiger partial charge in [-0.15, -0.1) is 11.3 Å². The van der Waals surface area contributed by atoms with E-state index < -0.39 is 11.7 Å². The molecule has 4 aromatic rings. The molecule has 0 aliphatic heterocycles. The molecule has 4 rings (SSSR count). The van der Waals surface area contributed by atoms with Crippen LogP contribution in [0.5, 0.6) is 11.5 Å². The summed E-state index contributed by atoms with van der Waals surface area (Å²) in [5, 5.41) is 2.69. The van der Waals surface area contributed by atoms with Crippen molar-refractivity contribution in [1.29, 1.82) is 0 Å². The largest absolute Gasteiger partial charge is 0.485 e. The number of amides is 1. The zero-order chi connectivity index (χ0) is 21.8. The second kappa shape index (κ2) is 8.97. The first-order chi connectivity index (χ1) is 15.0. The Morgan fingerprint density at radius 2 is 1.87 bits per heavy atom. The van der Waals surface area contributed by atoms with E-state index in [0.29, 0.717) is 22.1 Å². The molecule has 9 heteroatoms. The molecular weight excluding hydrogens is 421 g/mol. The van der Waals surface area contributed by atoms with E-state index >= 15 is 0 Å². The topological polar surface area (TPSA) is 81.9 Å². The molecule has 0 radical (unpaired) electrons. The number of nitrogens with one attached hydrogen (secondary N) is 1. The standard InChI is InChI=1S/C22H18FN3O4S/c1-14-11-26-21(28)10-15(24-22(26)31-14)12-29-19-9-5-3-7-17(19)25-20(27)13-30-18-8-4-2-6-16(18)23/h2-11H,12-13H2,1H3,(H,25,27). The molecule has 0 unspecified atom stereocenters. The predicted molar refractivity (Wildman–Crippen MR) is 115 cm³/mol. The number of benzene rings is 2. The zero-order valence-electron chi connectivity index (χ0n) is 16.5. The number of para-hydroxylation sites is 3. The van der Waals surface area contributed by atoms with Crippen molar-refractivity contribution < 1.29 is 18.7 Å². The Morgan fingerprint density at radius 1 is 1.13 bits per heavy atom. The third-order valence-corrected chi connectivity index (χ3v) is 5.17. The number of anilines is 1. The Morgan fingerprint density at radius 3 is 2.68 bits per heavy atom. The van der Waals surface area contributed by atoms with Gasteiger partial charge < -0.3 is 14.8 Å². The van der Waals surface area contributed by atoms with Crippen LogP contribution in [0.4, 0.5) is 10.1 Å². The number of carbonyl (C=O) groups excluding carboxylic acids is 1. The quantitative estimate of drug-likeness (QED) is 0.474. The van der Waals surface area contributed by atoms with Gasteiger partial charge in [-0.05, 0) is 31.2 Å². The molecule has 1 amide bonds. The van der Waals surface area contributed by atoms with Crippen LogP contribution in [0.1, 0.15) is 10.6 Å². The van der Waals surface area contributed by atoms with Gasteiger partial charge in [-0.3, -0.25) is 14.0 Å². The van der Waals surface area contributed by atoms with E-state index in [4.69, 9.17) is 9.47 Å². The molecule has 0 saturated heterocycles. The van der Waals surface area contributed by atoms with Crippen molar-refractivity contribution in [3.05, 3.63) is 87.5 Å². The van der Waals surface area contributed by atoms with E-state index in [1.807, 2.05) is 6.92 Å². The minimum Gasteiger partial charge on any atom is -0.485 e. The normalized spacial score (nSPS) is 10.8. The van der Waals surface area contributed by atoms with Crippen LogP contribution >= 0.6 is 11.3 Å². The number of rotatable bonds is 7. The molecule has 31 heavy (non-hydrogen) atoms. The van der Waals surface area contributed by atoms with Crippen molar-refractivity contribution in [2.75, 3.05) is 11.9 Å². The summed E-state index contributed by atoms with van der Waals surface area (Å²) >= 11 is 1.42. The van der Waals surface area contributed by atoms with Gasteiger partial charge in [-0.25, -0.2) is 9.37 Å². The molecule has 2 aromatic heterocycles. The average molecular weight is 439 g/mol. The Hall–Kier alpha value is -3.72. The van der Waals surface area contributed by atoms with Gasteiger partial charge in [0.2, 0.25) is 0 Å². The molecular formula is C22H18FN3O4S. The first-order valence-electron chi connectivity index (χ1n) is 9.37. The van der Waals surface area contributed by atoms with Gasteiger partial charge in [0.25, 0.3) is 11.5 Å². The Bertz CT molecular complexity index is 1300. The van der Waals surface area contributed by atoms with Gasteiger partial charge in [0.15, 0.2) is 23.1 Å². The van der Waals surface area contributed by atoms with Gasteiger partial charge in [0, 0.05) is 17.1 Å². The lowest BCUT2D eigenvalue weighted by atomic mass is 10.3. The van der Waals surface area contributed by atoms with E-state index in [1.54, 1.807) is 36.5 Å². The molecule has 0 aliphatic rings. The van der Waals surface area contributed by atoms with Gasteiger partial charge in [-0.2, -0.15) is 0 Å². The Balaban J connectivity index is 1.42. The maximum atomic E-state index is 13.6. The first-order valence-corrected chi connectivity index (χ1v) is 10.2. The molecule has 0 aliphatic carbocycles. The van der Waals surface area contributed by atoms with Crippen LogP contribution in [0.15, 0.2) is 65.6 Å². The monoisotopic (exact) mass is 439 g/mol. The van der Waals surface area contributed by atoms with E-state index in [2.05, 4.69) is 10.3 Å². The minimum absolute atomic E-state index is 0.00116. The number of aryl methyl sites for hydroxylation is 1. The fourth-order valence-electron chi connectivity index (χ4n) is 2.87. The second-order valence-electron chi connectivity index (χ2n) is 6.63. The highest BCUT2D eigenvalue weighted by atomic mass is 32.1.